The molecular formula is C23H29N7O3. The number of rotatable bonds is 7. The highest BCUT2D eigenvalue weighted by Gasteiger charge is 2.27. The van der Waals surface area contributed by atoms with E-state index in [1.54, 1.807) is 18.5 Å². The van der Waals surface area contributed by atoms with E-state index in [4.69, 9.17) is 10.00 Å². The van der Waals surface area contributed by atoms with Gasteiger partial charge in [0.05, 0.1) is 49.4 Å². The summed E-state index contributed by atoms with van der Waals surface area (Å²) in [6, 6.07) is 5.82. The molecule has 0 bridgehead atoms. The van der Waals surface area contributed by atoms with E-state index in [0.717, 1.165) is 43.9 Å². The molecule has 0 spiro atoms. The number of hydrogen-bond donors (Lipinski definition) is 1. The number of H-pyrrole nitrogens is 1. The van der Waals surface area contributed by atoms with Gasteiger partial charge in [-0.2, -0.15) is 10.4 Å². The number of hydrogen-bond acceptors (Lipinski definition) is 8. The number of aromatic nitrogens is 3. The second kappa shape index (κ2) is 10.4. The predicted octanol–water partition coefficient (Wildman–Crippen LogP) is 1.07. The second-order valence-corrected chi connectivity index (χ2v) is 8.41. The number of aromatic amines is 1. The average Bonchev–Trinajstić information content (AvgIpc) is 3.32. The monoisotopic (exact) mass is 451 g/mol. The van der Waals surface area contributed by atoms with E-state index in [-0.39, 0.29) is 17.5 Å². The van der Waals surface area contributed by atoms with Crippen molar-refractivity contribution in [3.05, 3.63) is 46.1 Å². The van der Waals surface area contributed by atoms with Gasteiger partial charge in [0.1, 0.15) is 11.8 Å². The molecule has 1 atom stereocenters. The van der Waals surface area contributed by atoms with Crippen LogP contribution in [0, 0.1) is 18.3 Å². The van der Waals surface area contributed by atoms with Crippen molar-refractivity contribution in [3.63, 3.8) is 0 Å². The molecule has 1 N–H and O–H groups in total. The lowest BCUT2D eigenvalue weighted by molar-refractivity contribution is -0.132. The van der Waals surface area contributed by atoms with Gasteiger partial charge in [0.2, 0.25) is 5.91 Å². The van der Waals surface area contributed by atoms with E-state index in [1.807, 2.05) is 24.0 Å². The van der Waals surface area contributed by atoms with Gasteiger partial charge in [-0.15, -0.1) is 0 Å². The lowest BCUT2D eigenvalue weighted by Crippen LogP contribution is -2.49. The van der Waals surface area contributed by atoms with Crippen molar-refractivity contribution in [3.8, 4) is 6.07 Å². The van der Waals surface area contributed by atoms with Crippen LogP contribution in [0.5, 0.6) is 0 Å². The number of pyridine rings is 1. The Balaban J connectivity index is 1.19. The summed E-state index contributed by atoms with van der Waals surface area (Å²) in [5, 5.41) is 15.3. The van der Waals surface area contributed by atoms with Crippen LogP contribution in [0.15, 0.2) is 29.3 Å². The Labute approximate surface area is 192 Å². The third-order valence-corrected chi connectivity index (χ3v) is 6.39. The van der Waals surface area contributed by atoms with E-state index < -0.39 is 0 Å². The Hall–Kier alpha value is -3.45. The van der Waals surface area contributed by atoms with E-state index in [2.05, 4.69) is 25.0 Å². The van der Waals surface area contributed by atoms with E-state index in [0.29, 0.717) is 44.0 Å². The van der Waals surface area contributed by atoms with Gasteiger partial charge in [0.25, 0.3) is 5.56 Å². The molecule has 1 amide bonds. The number of carbonyl (C=O) groups is 1. The molecule has 4 rings (SSSR count). The highest BCUT2D eigenvalue weighted by atomic mass is 16.5. The summed E-state index contributed by atoms with van der Waals surface area (Å²) in [7, 11) is 0. The number of carbonyl (C=O) groups excluding carboxylic acids is 1. The first-order valence-corrected chi connectivity index (χ1v) is 11.3. The normalized spacial score (nSPS) is 18.4. The molecule has 0 unspecified atom stereocenters. The molecule has 2 aliphatic heterocycles. The molecule has 0 aliphatic carbocycles. The lowest BCUT2D eigenvalue weighted by atomic mass is 10.2. The summed E-state index contributed by atoms with van der Waals surface area (Å²) >= 11 is 0. The molecule has 0 radical (unpaired) electrons. The minimum Gasteiger partial charge on any atom is -0.379 e. The maximum Gasteiger partial charge on any atom is 0.269 e. The fourth-order valence-electron chi connectivity index (χ4n) is 4.45. The molecule has 33 heavy (non-hydrogen) atoms. The van der Waals surface area contributed by atoms with Crippen LogP contribution in [-0.4, -0.2) is 78.0 Å². The molecule has 10 nitrogen and oxygen atoms in total. The molecule has 0 saturated carbocycles. The van der Waals surface area contributed by atoms with Gasteiger partial charge in [0.15, 0.2) is 0 Å². The number of nitrogens with one attached hydrogen (secondary N) is 1. The summed E-state index contributed by atoms with van der Waals surface area (Å²) in [4.78, 5) is 34.9. The van der Waals surface area contributed by atoms with Crippen molar-refractivity contribution in [2.75, 3.05) is 55.7 Å². The molecule has 2 fully saturated rings. The van der Waals surface area contributed by atoms with Gasteiger partial charge in [0, 0.05) is 38.3 Å². The van der Waals surface area contributed by atoms with Crippen LogP contribution in [0.4, 0.5) is 11.4 Å². The molecule has 2 aromatic heterocycles. The smallest absolute Gasteiger partial charge is 0.269 e. The van der Waals surface area contributed by atoms with Gasteiger partial charge < -0.3 is 19.4 Å². The molecular weight excluding hydrogens is 422 g/mol. The van der Waals surface area contributed by atoms with Crippen LogP contribution in [0.1, 0.15) is 30.5 Å². The van der Waals surface area contributed by atoms with Gasteiger partial charge in [-0.05, 0) is 31.9 Å². The van der Waals surface area contributed by atoms with Crippen molar-refractivity contribution in [1.82, 2.24) is 20.1 Å². The summed E-state index contributed by atoms with van der Waals surface area (Å²) in [6.07, 6.45) is 5.80. The van der Waals surface area contributed by atoms with Gasteiger partial charge >= 0.3 is 0 Å². The predicted molar refractivity (Wildman–Crippen MR) is 123 cm³/mol. The van der Waals surface area contributed by atoms with Gasteiger partial charge in [-0.25, -0.2) is 10.1 Å². The quantitative estimate of drug-likeness (QED) is 0.621. The zero-order valence-electron chi connectivity index (χ0n) is 18.9. The van der Waals surface area contributed by atoms with Crippen LogP contribution in [0.25, 0.3) is 0 Å². The lowest BCUT2D eigenvalue weighted by Gasteiger charge is -2.36. The third kappa shape index (κ3) is 5.31. The number of nitrogens with zero attached hydrogens (tertiary/aromatic N) is 6. The Morgan fingerprint density at radius 2 is 2.06 bits per heavy atom. The van der Waals surface area contributed by atoms with Gasteiger partial charge in [-0.1, -0.05) is 0 Å². The molecule has 174 valence electrons. The summed E-state index contributed by atoms with van der Waals surface area (Å²) in [5.74, 6) is 0.102. The first-order chi connectivity index (χ1) is 16.1. The van der Waals surface area contributed by atoms with Crippen LogP contribution in [0.3, 0.4) is 0 Å². The Morgan fingerprint density at radius 1 is 1.24 bits per heavy atom. The fraction of sp³-hybridized carbons (Fsp3) is 0.522. The van der Waals surface area contributed by atoms with Crippen molar-refractivity contribution in [1.29, 1.82) is 5.26 Å². The third-order valence-electron chi connectivity index (χ3n) is 6.39. The maximum absolute atomic E-state index is 12.6. The van der Waals surface area contributed by atoms with Gasteiger partial charge in [-0.3, -0.25) is 9.59 Å². The molecule has 10 heteroatoms. The molecule has 2 saturated heterocycles. The number of piperazine rings is 1. The van der Waals surface area contributed by atoms with E-state index >= 15 is 0 Å². The Kier molecular flexibility index (Phi) is 7.19. The van der Waals surface area contributed by atoms with E-state index in [1.165, 1.54) is 0 Å². The summed E-state index contributed by atoms with van der Waals surface area (Å²) < 4.78 is 5.87. The molecule has 2 aliphatic rings. The molecule has 0 aromatic carbocycles. The zero-order chi connectivity index (χ0) is 23.2. The first-order valence-electron chi connectivity index (χ1n) is 11.3. The van der Waals surface area contributed by atoms with Crippen molar-refractivity contribution >= 4 is 17.3 Å². The van der Waals surface area contributed by atoms with E-state index in [9.17, 15) is 9.59 Å². The molecule has 2 aromatic rings. The fourth-order valence-corrected chi connectivity index (χ4v) is 4.45. The van der Waals surface area contributed by atoms with Crippen molar-refractivity contribution < 1.29 is 9.53 Å². The number of anilines is 2. The number of nitriles is 1. The highest BCUT2D eigenvalue weighted by molar-refractivity contribution is 5.76. The number of amides is 1. The summed E-state index contributed by atoms with van der Waals surface area (Å²) in [6.45, 7) is 6.38. The van der Waals surface area contributed by atoms with Crippen molar-refractivity contribution in [2.24, 2.45) is 0 Å². The summed E-state index contributed by atoms with van der Waals surface area (Å²) in [5.41, 5.74) is 2.73. The molecule has 4 heterocycles. The average molecular weight is 452 g/mol. The van der Waals surface area contributed by atoms with Crippen LogP contribution < -0.4 is 15.4 Å². The Bertz CT molecular complexity index is 1050. The topological polar surface area (TPSA) is 118 Å². The zero-order valence-corrected chi connectivity index (χ0v) is 18.9. The standard InChI is InChI=1S/C23H29N7O3/c1-17-21(15-26-27-23(17)32)30-7-2-3-20(30)16-33-12-6-22(31)29-10-8-28(9-11-29)19-5-4-18(13-24)25-14-19/h4-5,14-15,20H,2-3,6-12,16H2,1H3,(H,27,32)/t20-/m0/s1. The largest absolute Gasteiger partial charge is 0.379 e. The first kappa shape index (κ1) is 22.7. The van der Waals surface area contributed by atoms with Crippen LogP contribution in [0.2, 0.25) is 0 Å². The van der Waals surface area contributed by atoms with Crippen molar-refractivity contribution in [2.45, 2.75) is 32.2 Å². The van der Waals surface area contributed by atoms with Crippen LogP contribution >= 0.6 is 0 Å². The maximum atomic E-state index is 12.6. The second-order valence-electron chi connectivity index (χ2n) is 8.41. The Morgan fingerprint density at radius 3 is 2.79 bits per heavy atom. The minimum atomic E-state index is -0.166. The SMILES string of the molecule is Cc1c(N2CCC[C@H]2COCCC(=O)N2CCN(c3ccc(C#N)nc3)CC2)cn[nH]c1=O. The van der Waals surface area contributed by atoms with Crippen LogP contribution in [-0.2, 0) is 9.53 Å². The minimum absolute atomic E-state index is 0.102. The highest BCUT2D eigenvalue weighted by Crippen LogP contribution is 2.26. The number of ether oxygens (including phenoxy) is 1.